The van der Waals surface area contributed by atoms with Gasteiger partial charge in [-0.15, -0.1) is 0 Å². The third kappa shape index (κ3) is 2.98. The van der Waals surface area contributed by atoms with E-state index in [0.717, 1.165) is 30.0 Å². The Balaban J connectivity index is 2.19. The van der Waals surface area contributed by atoms with Gasteiger partial charge in [0.2, 0.25) is 0 Å². The van der Waals surface area contributed by atoms with Gasteiger partial charge in [-0.25, -0.2) is 0 Å². The minimum atomic E-state index is -0.751. The number of carboxylic acid groups (broad SMARTS) is 1. The summed E-state index contributed by atoms with van der Waals surface area (Å²) in [6.45, 7) is 1.37. The normalized spacial score (nSPS) is 19.4. The molecule has 0 saturated carbocycles. The van der Waals surface area contributed by atoms with Crippen LogP contribution in [0.4, 0.5) is 0 Å². The van der Waals surface area contributed by atoms with Crippen molar-refractivity contribution in [3.8, 4) is 11.5 Å². The van der Waals surface area contributed by atoms with Crippen LogP contribution in [0.15, 0.2) is 18.2 Å². The molecule has 5 heteroatoms. The Kier molecular flexibility index (Phi) is 4.27. The number of nitrogens with zero attached hydrogens (tertiary/aromatic N) is 1. The monoisotopic (exact) mass is 265 g/mol. The fourth-order valence-corrected chi connectivity index (χ4v) is 2.52. The molecule has 1 aromatic carbocycles. The summed E-state index contributed by atoms with van der Waals surface area (Å²) in [6.07, 6.45) is 1.63. The van der Waals surface area contributed by atoms with Crippen molar-refractivity contribution in [2.24, 2.45) is 0 Å². The second-order valence-electron chi connectivity index (χ2n) is 4.64. The van der Waals surface area contributed by atoms with E-state index in [4.69, 9.17) is 9.47 Å². The molecule has 0 spiro atoms. The number of methoxy groups -OCH3 is 2. The second kappa shape index (κ2) is 5.93. The summed E-state index contributed by atoms with van der Waals surface area (Å²) in [5.41, 5.74) is 0.954. The Labute approximate surface area is 112 Å². The van der Waals surface area contributed by atoms with Crippen molar-refractivity contribution in [1.29, 1.82) is 0 Å². The third-order valence-corrected chi connectivity index (χ3v) is 3.51. The number of hydrogen-bond donors (Lipinski definition) is 1. The van der Waals surface area contributed by atoms with Crippen LogP contribution in [0.3, 0.4) is 0 Å². The van der Waals surface area contributed by atoms with Crippen LogP contribution in [0, 0.1) is 0 Å². The SMILES string of the molecule is COc1ccc(OC)c(CN2CCCC2C(=O)O)c1. The molecule has 0 amide bonds. The molecule has 0 radical (unpaired) electrons. The average Bonchev–Trinajstić information content (AvgIpc) is 2.87. The molecule has 1 aliphatic rings. The minimum Gasteiger partial charge on any atom is -0.497 e. The van der Waals surface area contributed by atoms with Gasteiger partial charge in [-0.05, 0) is 37.6 Å². The molecular formula is C14H19NO4. The van der Waals surface area contributed by atoms with Crippen LogP contribution in [0.25, 0.3) is 0 Å². The average molecular weight is 265 g/mol. The highest BCUT2D eigenvalue weighted by molar-refractivity contribution is 5.73. The van der Waals surface area contributed by atoms with Gasteiger partial charge in [0, 0.05) is 12.1 Å². The maximum atomic E-state index is 11.2. The van der Waals surface area contributed by atoms with Gasteiger partial charge in [0.15, 0.2) is 0 Å². The predicted octanol–water partition coefficient (Wildman–Crippen LogP) is 1.75. The van der Waals surface area contributed by atoms with E-state index in [-0.39, 0.29) is 0 Å². The molecule has 1 atom stereocenters. The highest BCUT2D eigenvalue weighted by atomic mass is 16.5. The molecule has 0 bridgehead atoms. The van der Waals surface area contributed by atoms with Crippen molar-refractivity contribution in [1.82, 2.24) is 4.90 Å². The summed E-state index contributed by atoms with van der Waals surface area (Å²) in [7, 11) is 3.23. The van der Waals surface area contributed by atoms with Gasteiger partial charge in [-0.2, -0.15) is 0 Å². The fourth-order valence-electron chi connectivity index (χ4n) is 2.52. The minimum absolute atomic E-state index is 0.393. The van der Waals surface area contributed by atoms with Crippen molar-refractivity contribution in [3.63, 3.8) is 0 Å². The zero-order valence-electron chi connectivity index (χ0n) is 11.3. The van der Waals surface area contributed by atoms with Crippen LogP contribution in [0.2, 0.25) is 0 Å². The summed E-state index contributed by atoms with van der Waals surface area (Å²) in [4.78, 5) is 13.2. The second-order valence-corrected chi connectivity index (χ2v) is 4.64. The Morgan fingerprint density at radius 1 is 1.42 bits per heavy atom. The Morgan fingerprint density at radius 3 is 2.84 bits per heavy atom. The summed E-state index contributed by atoms with van der Waals surface area (Å²) < 4.78 is 10.5. The first-order valence-corrected chi connectivity index (χ1v) is 6.33. The largest absolute Gasteiger partial charge is 0.497 e. The topological polar surface area (TPSA) is 59.0 Å². The van der Waals surface area contributed by atoms with Crippen LogP contribution in [-0.2, 0) is 11.3 Å². The maximum Gasteiger partial charge on any atom is 0.320 e. The van der Waals surface area contributed by atoms with E-state index < -0.39 is 12.0 Å². The number of carboxylic acids is 1. The number of carbonyl (C=O) groups is 1. The van der Waals surface area contributed by atoms with Crippen molar-refractivity contribution in [3.05, 3.63) is 23.8 Å². The molecule has 1 fully saturated rings. The Hall–Kier alpha value is -1.75. The molecule has 19 heavy (non-hydrogen) atoms. The van der Waals surface area contributed by atoms with Gasteiger partial charge in [0.25, 0.3) is 0 Å². The lowest BCUT2D eigenvalue weighted by atomic mass is 10.1. The molecule has 5 nitrogen and oxygen atoms in total. The van der Waals surface area contributed by atoms with Crippen LogP contribution >= 0.6 is 0 Å². The predicted molar refractivity (Wildman–Crippen MR) is 70.6 cm³/mol. The number of likely N-dealkylation sites (tertiary alicyclic amines) is 1. The molecule has 1 aromatic rings. The van der Waals surface area contributed by atoms with Crippen molar-refractivity contribution < 1.29 is 19.4 Å². The fraction of sp³-hybridized carbons (Fsp3) is 0.500. The highest BCUT2D eigenvalue weighted by Gasteiger charge is 2.30. The summed E-state index contributed by atoms with van der Waals surface area (Å²) in [6, 6.07) is 5.19. The van der Waals surface area contributed by atoms with E-state index >= 15 is 0 Å². The van der Waals surface area contributed by atoms with Gasteiger partial charge in [-0.3, -0.25) is 9.69 Å². The lowest BCUT2D eigenvalue weighted by Crippen LogP contribution is -2.35. The first-order valence-electron chi connectivity index (χ1n) is 6.33. The standard InChI is InChI=1S/C14H19NO4/c1-18-11-5-6-13(19-2)10(8-11)9-15-7-3-4-12(15)14(16)17/h5-6,8,12H,3-4,7,9H2,1-2H3,(H,16,17). The number of rotatable bonds is 5. The molecule has 1 aliphatic heterocycles. The van der Waals surface area contributed by atoms with E-state index in [1.54, 1.807) is 14.2 Å². The zero-order valence-corrected chi connectivity index (χ0v) is 11.3. The number of ether oxygens (including phenoxy) is 2. The van der Waals surface area contributed by atoms with E-state index in [2.05, 4.69) is 0 Å². The maximum absolute atomic E-state index is 11.2. The molecule has 1 unspecified atom stereocenters. The quantitative estimate of drug-likeness (QED) is 0.879. The summed E-state index contributed by atoms with van der Waals surface area (Å²) >= 11 is 0. The van der Waals surface area contributed by atoms with Gasteiger partial charge in [-0.1, -0.05) is 0 Å². The van der Waals surface area contributed by atoms with Crippen molar-refractivity contribution in [2.75, 3.05) is 20.8 Å². The van der Waals surface area contributed by atoms with Crippen LogP contribution in [0.5, 0.6) is 11.5 Å². The summed E-state index contributed by atoms with van der Waals surface area (Å²) in [5, 5.41) is 9.19. The molecule has 0 aliphatic carbocycles. The zero-order chi connectivity index (χ0) is 13.8. The Morgan fingerprint density at radius 2 is 2.21 bits per heavy atom. The molecule has 104 valence electrons. The van der Waals surface area contributed by atoms with Crippen LogP contribution in [-0.4, -0.2) is 42.8 Å². The molecule has 1 saturated heterocycles. The highest BCUT2D eigenvalue weighted by Crippen LogP contribution is 2.28. The number of benzene rings is 1. The van der Waals surface area contributed by atoms with Gasteiger partial charge < -0.3 is 14.6 Å². The van der Waals surface area contributed by atoms with Gasteiger partial charge in [0.05, 0.1) is 14.2 Å². The number of aliphatic carboxylic acids is 1. The third-order valence-electron chi connectivity index (χ3n) is 3.51. The summed E-state index contributed by atoms with van der Waals surface area (Å²) in [5.74, 6) is 0.762. The molecule has 0 aromatic heterocycles. The molecule has 2 rings (SSSR count). The van der Waals surface area contributed by atoms with E-state index in [9.17, 15) is 9.90 Å². The molecular weight excluding hydrogens is 246 g/mol. The van der Waals surface area contributed by atoms with Crippen molar-refractivity contribution in [2.45, 2.75) is 25.4 Å². The Bertz CT molecular complexity index is 461. The van der Waals surface area contributed by atoms with E-state index in [1.165, 1.54) is 0 Å². The number of hydrogen-bond acceptors (Lipinski definition) is 4. The van der Waals surface area contributed by atoms with Crippen LogP contribution < -0.4 is 9.47 Å². The lowest BCUT2D eigenvalue weighted by molar-refractivity contribution is -0.142. The first-order chi connectivity index (χ1) is 9.15. The molecule has 1 heterocycles. The van der Waals surface area contributed by atoms with Crippen molar-refractivity contribution >= 4 is 5.97 Å². The first kappa shape index (κ1) is 13.7. The van der Waals surface area contributed by atoms with Gasteiger partial charge in [0.1, 0.15) is 17.5 Å². The molecule has 1 N–H and O–H groups in total. The van der Waals surface area contributed by atoms with E-state index in [0.29, 0.717) is 13.0 Å². The van der Waals surface area contributed by atoms with Gasteiger partial charge >= 0.3 is 5.97 Å². The smallest absolute Gasteiger partial charge is 0.320 e. The van der Waals surface area contributed by atoms with E-state index in [1.807, 2.05) is 23.1 Å². The lowest BCUT2D eigenvalue weighted by Gasteiger charge is -2.22. The van der Waals surface area contributed by atoms with Crippen LogP contribution in [0.1, 0.15) is 18.4 Å².